The average molecular weight is 271 g/mol. The van der Waals surface area contributed by atoms with Crippen molar-refractivity contribution in [3.05, 3.63) is 59.4 Å². The zero-order chi connectivity index (χ0) is 14.4. The lowest BCUT2D eigenvalue weighted by Crippen LogP contribution is -2.06. The molecule has 0 spiro atoms. The maximum Gasteiger partial charge on any atom is 0.356 e. The monoisotopic (exact) mass is 271 g/mol. The Labute approximate surface area is 117 Å². The molecule has 1 aromatic carbocycles. The number of aromatic nitrogens is 1. The highest BCUT2D eigenvalue weighted by Gasteiger charge is 2.07. The molecule has 5 nitrogen and oxygen atoms in total. The number of benzene rings is 1. The highest BCUT2D eigenvalue weighted by molar-refractivity contribution is 5.88. The van der Waals surface area contributed by atoms with Crippen LogP contribution in [0.3, 0.4) is 0 Å². The number of carbonyl (C=O) groups is 1. The van der Waals surface area contributed by atoms with E-state index in [1.165, 1.54) is 7.11 Å². The molecule has 0 aliphatic heterocycles. The Morgan fingerprint density at radius 1 is 1.25 bits per heavy atom. The zero-order valence-corrected chi connectivity index (χ0v) is 11.3. The Bertz CT molecular complexity index is 582. The maximum absolute atomic E-state index is 11.4. The van der Waals surface area contributed by atoms with Crippen molar-refractivity contribution >= 4 is 11.7 Å². The molecule has 1 aromatic heterocycles. The van der Waals surface area contributed by atoms with Crippen molar-refractivity contribution < 1.29 is 9.53 Å². The summed E-state index contributed by atoms with van der Waals surface area (Å²) < 4.78 is 4.64. The van der Waals surface area contributed by atoms with E-state index in [9.17, 15) is 4.79 Å². The second kappa shape index (κ2) is 6.68. The van der Waals surface area contributed by atoms with Crippen LogP contribution in [0.4, 0.5) is 5.69 Å². The van der Waals surface area contributed by atoms with Crippen LogP contribution in [0.2, 0.25) is 0 Å². The number of nitrogens with two attached hydrogens (primary N) is 1. The molecular weight excluding hydrogens is 254 g/mol. The molecule has 0 saturated carbocycles. The molecule has 5 heteroatoms. The van der Waals surface area contributed by atoms with Crippen LogP contribution in [-0.2, 0) is 17.8 Å². The van der Waals surface area contributed by atoms with Crippen LogP contribution in [0.15, 0.2) is 42.6 Å². The van der Waals surface area contributed by atoms with Gasteiger partial charge < -0.3 is 15.8 Å². The van der Waals surface area contributed by atoms with Gasteiger partial charge >= 0.3 is 5.97 Å². The summed E-state index contributed by atoms with van der Waals surface area (Å²) in [6, 6.07) is 11.5. The fraction of sp³-hybridized carbons (Fsp3) is 0.200. The predicted molar refractivity (Wildman–Crippen MR) is 77.2 cm³/mol. The van der Waals surface area contributed by atoms with Crippen molar-refractivity contribution in [2.24, 2.45) is 5.73 Å². The molecule has 0 fully saturated rings. The van der Waals surface area contributed by atoms with E-state index in [2.05, 4.69) is 15.0 Å². The number of rotatable bonds is 5. The van der Waals surface area contributed by atoms with Crippen molar-refractivity contribution in [1.29, 1.82) is 0 Å². The molecule has 0 bridgehead atoms. The van der Waals surface area contributed by atoms with E-state index in [1.54, 1.807) is 18.3 Å². The van der Waals surface area contributed by atoms with Crippen LogP contribution < -0.4 is 11.1 Å². The molecule has 0 aliphatic rings. The number of esters is 1. The molecule has 0 saturated heterocycles. The van der Waals surface area contributed by atoms with E-state index in [0.29, 0.717) is 13.1 Å². The molecule has 0 unspecified atom stereocenters. The normalized spacial score (nSPS) is 10.1. The summed E-state index contributed by atoms with van der Waals surface area (Å²) in [5.41, 5.74) is 8.91. The fourth-order valence-corrected chi connectivity index (χ4v) is 1.75. The van der Waals surface area contributed by atoms with E-state index in [-0.39, 0.29) is 5.69 Å². The standard InChI is InChI=1S/C15H17N3O2/c1-20-15(19)14-8-13(6-7-17-14)18-10-12-4-2-11(9-16)3-5-12/h2-8H,9-10,16H2,1H3,(H,17,18). The van der Waals surface area contributed by atoms with Crippen molar-refractivity contribution in [1.82, 2.24) is 4.98 Å². The molecular formula is C15H17N3O2. The Morgan fingerprint density at radius 2 is 1.95 bits per heavy atom. The molecule has 0 amide bonds. The third-order valence-electron chi connectivity index (χ3n) is 2.91. The van der Waals surface area contributed by atoms with Gasteiger partial charge in [0.1, 0.15) is 5.69 Å². The highest BCUT2D eigenvalue weighted by atomic mass is 16.5. The van der Waals surface area contributed by atoms with E-state index >= 15 is 0 Å². The van der Waals surface area contributed by atoms with Crippen molar-refractivity contribution in [3.63, 3.8) is 0 Å². The van der Waals surface area contributed by atoms with Gasteiger partial charge in [0.05, 0.1) is 7.11 Å². The number of hydrogen-bond acceptors (Lipinski definition) is 5. The summed E-state index contributed by atoms with van der Waals surface area (Å²) >= 11 is 0. The van der Waals surface area contributed by atoms with Crippen molar-refractivity contribution in [2.75, 3.05) is 12.4 Å². The van der Waals surface area contributed by atoms with E-state index in [0.717, 1.165) is 16.8 Å². The minimum Gasteiger partial charge on any atom is -0.464 e. The van der Waals surface area contributed by atoms with Gasteiger partial charge in [-0.05, 0) is 23.3 Å². The topological polar surface area (TPSA) is 77.2 Å². The van der Waals surface area contributed by atoms with Crippen LogP contribution >= 0.6 is 0 Å². The van der Waals surface area contributed by atoms with Gasteiger partial charge in [0, 0.05) is 25.0 Å². The molecule has 20 heavy (non-hydrogen) atoms. The van der Waals surface area contributed by atoms with Gasteiger partial charge in [-0.25, -0.2) is 9.78 Å². The molecule has 0 radical (unpaired) electrons. The van der Waals surface area contributed by atoms with Gasteiger partial charge in [0.15, 0.2) is 0 Å². The number of ether oxygens (including phenoxy) is 1. The molecule has 2 rings (SSSR count). The minimum absolute atomic E-state index is 0.288. The summed E-state index contributed by atoms with van der Waals surface area (Å²) in [7, 11) is 1.34. The van der Waals surface area contributed by atoms with Crippen molar-refractivity contribution in [3.8, 4) is 0 Å². The first kappa shape index (κ1) is 14.0. The lowest BCUT2D eigenvalue weighted by molar-refractivity contribution is 0.0594. The number of nitrogens with one attached hydrogen (secondary N) is 1. The third kappa shape index (κ3) is 3.55. The highest BCUT2D eigenvalue weighted by Crippen LogP contribution is 2.11. The second-order valence-corrected chi connectivity index (χ2v) is 4.30. The summed E-state index contributed by atoms with van der Waals surface area (Å²) in [5.74, 6) is -0.444. The Balaban J connectivity index is 2.01. The molecule has 0 aliphatic carbocycles. The van der Waals surface area contributed by atoms with Gasteiger partial charge in [-0.3, -0.25) is 0 Å². The lowest BCUT2D eigenvalue weighted by atomic mass is 10.1. The van der Waals surface area contributed by atoms with Crippen LogP contribution in [0.1, 0.15) is 21.6 Å². The van der Waals surface area contributed by atoms with Crippen LogP contribution in [0.25, 0.3) is 0 Å². The molecule has 2 aromatic rings. The summed E-state index contributed by atoms with van der Waals surface area (Å²) in [6.45, 7) is 1.20. The average Bonchev–Trinajstić information content (AvgIpc) is 2.53. The Kier molecular flexibility index (Phi) is 4.68. The Morgan fingerprint density at radius 3 is 2.60 bits per heavy atom. The summed E-state index contributed by atoms with van der Waals surface area (Å²) in [5, 5.41) is 3.24. The first-order valence-corrected chi connectivity index (χ1v) is 6.29. The smallest absolute Gasteiger partial charge is 0.356 e. The summed E-state index contributed by atoms with van der Waals surface area (Å²) in [6.07, 6.45) is 1.58. The quantitative estimate of drug-likeness (QED) is 0.813. The van der Waals surface area contributed by atoms with Gasteiger partial charge in [-0.15, -0.1) is 0 Å². The van der Waals surface area contributed by atoms with Crippen molar-refractivity contribution in [2.45, 2.75) is 13.1 Å². The number of methoxy groups -OCH3 is 1. The molecule has 104 valence electrons. The number of nitrogens with zero attached hydrogens (tertiary/aromatic N) is 1. The molecule has 1 heterocycles. The van der Waals surface area contributed by atoms with Gasteiger partial charge in [0.2, 0.25) is 0 Å². The maximum atomic E-state index is 11.4. The number of carbonyl (C=O) groups excluding carboxylic acids is 1. The van der Waals surface area contributed by atoms with Crippen LogP contribution in [0.5, 0.6) is 0 Å². The lowest BCUT2D eigenvalue weighted by Gasteiger charge is -2.08. The molecule has 0 atom stereocenters. The predicted octanol–water partition coefficient (Wildman–Crippen LogP) is 1.94. The fourth-order valence-electron chi connectivity index (χ4n) is 1.75. The second-order valence-electron chi connectivity index (χ2n) is 4.30. The van der Waals surface area contributed by atoms with Gasteiger partial charge in [0.25, 0.3) is 0 Å². The first-order chi connectivity index (χ1) is 9.72. The largest absolute Gasteiger partial charge is 0.464 e. The van der Waals surface area contributed by atoms with Crippen LogP contribution in [0, 0.1) is 0 Å². The number of pyridine rings is 1. The number of hydrogen-bond donors (Lipinski definition) is 2. The van der Waals surface area contributed by atoms with Gasteiger partial charge in [-0.2, -0.15) is 0 Å². The third-order valence-corrected chi connectivity index (χ3v) is 2.91. The SMILES string of the molecule is COC(=O)c1cc(NCc2ccc(CN)cc2)ccn1. The Hall–Kier alpha value is -2.40. The zero-order valence-electron chi connectivity index (χ0n) is 11.3. The number of anilines is 1. The van der Waals surface area contributed by atoms with E-state index in [4.69, 9.17) is 5.73 Å². The first-order valence-electron chi connectivity index (χ1n) is 6.29. The molecule has 3 N–H and O–H groups in total. The van der Waals surface area contributed by atoms with Gasteiger partial charge in [-0.1, -0.05) is 24.3 Å². The minimum atomic E-state index is -0.444. The summed E-state index contributed by atoms with van der Waals surface area (Å²) in [4.78, 5) is 15.3. The van der Waals surface area contributed by atoms with E-state index < -0.39 is 5.97 Å². The van der Waals surface area contributed by atoms with Crippen LogP contribution in [-0.4, -0.2) is 18.1 Å². The van der Waals surface area contributed by atoms with E-state index in [1.807, 2.05) is 24.3 Å².